The summed E-state index contributed by atoms with van der Waals surface area (Å²) in [5.41, 5.74) is 1.94. The minimum atomic E-state index is 0.179. The van der Waals surface area contributed by atoms with E-state index in [9.17, 15) is 0 Å². The molecule has 21 heavy (non-hydrogen) atoms. The van der Waals surface area contributed by atoms with Crippen LogP contribution in [0, 0.1) is 11.3 Å². The van der Waals surface area contributed by atoms with E-state index in [0.717, 1.165) is 11.6 Å². The zero-order valence-electron chi connectivity index (χ0n) is 14.2. The summed E-state index contributed by atoms with van der Waals surface area (Å²) >= 11 is 6.49. The predicted octanol–water partition coefficient (Wildman–Crippen LogP) is 5.64. The van der Waals surface area contributed by atoms with Gasteiger partial charge in [0.25, 0.3) is 0 Å². The van der Waals surface area contributed by atoms with E-state index in [1.807, 2.05) is 12.1 Å². The molecule has 2 unspecified atom stereocenters. The fourth-order valence-electron chi connectivity index (χ4n) is 3.46. The third-order valence-electron chi connectivity index (χ3n) is 4.73. The number of benzene rings is 1. The molecule has 0 aliphatic heterocycles. The number of halogens is 1. The number of rotatable bonds is 3. The lowest BCUT2D eigenvalue weighted by atomic mass is 9.65. The lowest BCUT2D eigenvalue weighted by Crippen LogP contribution is -2.42. The van der Waals surface area contributed by atoms with Gasteiger partial charge in [0.05, 0.1) is 0 Å². The van der Waals surface area contributed by atoms with Crippen molar-refractivity contribution in [3.8, 4) is 0 Å². The number of hydrogen-bond donors (Lipinski definition) is 1. The van der Waals surface area contributed by atoms with Crippen LogP contribution in [0.2, 0.25) is 5.02 Å². The predicted molar refractivity (Wildman–Crippen MR) is 93.1 cm³/mol. The van der Waals surface area contributed by atoms with Gasteiger partial charge in [0.15, 0.2) is 0 Å². The molecule has 1 fully saturated rings. The van der Waals surface area contributed by atoms with Gasteiger partial charge in [-0.15, -0.1) is 0 Å². The first-order valence-electron chi connectivity index (χ1n) is 8.17. The second-order valence-corrected chi connectivity index (χ2v) is 8.83. The van der Waals surface area contributed by atoms with E-state index >= 15 is 0 Å². The van der Waals surface area contributed by atoms with E-state index in [-0.39, 0.29) is 5.54 Å². The second-order valence-electron chi connectivity index (χ2n) is 8.43. The minimum absolute atomic E-state index is 0.179. The second kappa shape index (κ2) is 6.30. The van der Waals surface area contributed by atoms with Gasteiger partial charge < -0.3 is 5.32 Å². The van der Waals surface area contributed by atoms with Crippen molar-refractivity contribution in [3.05, 3.63) is 34.9 Å². The molecule has 0 aromatic heterocycles. The van der Waals surface area contributed by atoms with E-state index in [4.69, 9.17) is 11.6 Å². The van der Waals surface area contributed by atoms with Crippen molar-refractivity contribution in [1.82, 2.24) is 5.32 Å². The Morgan fingerprint density at radius 2 is 1.90 bits per heavy atom. The monoisotopic (exact) mass is 307 g/mol. The molecule has 1 nitrogen and oxygen atoms in total. The van der Waals surface area contributed by atoms with E-state index in [1.54, 1.807) is 0 Å². The molecular formula is C19H30ClN. The van der Waals surface area contributed by atoms with Crippen LogP contribution in [0.4, 0.5) is 0 Å². The van der Waals surface area contributed by atoms with Crippen LogP contribution < -0.4 is 5.32 Å². The molecule has 2 atom stereocenters. The fourth-order valence-corrected chi connectivity index (χ4v) is 3.74. The standard InChI is InChI=1S/C19H30ClN/c1-18(2,3)21-13-14-10-11-19(4,5)12-16(14)15-8-6-7-9-17(15)20/h6-9,14,16,21H,10-13H2,1-5H3. The highest BCUT2D eigenvalue weighted by atomic mass is 35.5. The molecular weight excluding hydrogens is 278 g/mol. The van der Waals surface area contributed by atoms with Crippen molar-refractivity contribution in [2.45, 2.75) is 65.3 Å². The highest BCUT2D eigenvalue weighted by Crippen LogP contribution is 2.48. The van der Waals surface area contributed by atoms with Crippen LogP contribution in [0.25, 0.3) is 0 Å². The van der Waals surface area contributed by atoms with Crippen LogP contribution >= 0.6 is 11.6 Å². The maximum Gasteiger partial charge on any atom is 0.0440 e. The Labute approximate surface area is 135 Å². The van der Waals surface area contributed by atoms with E-state index in [2.05, 4.69) is 52.1 Å². The van der Waals surface area contributed by atoms with Gasteiger partial charge in [-0.1, -0.05) is 43.6 Å². The third-order valence-corrected chi connectivity index (χ3v) is 5.08. The summed E-state index contributed by atoms with van der Waals surface area (Å²) in [6.07, 6.45) is 3.82. The SMILES string of the molecule is CC1(C)CCC(CNC(C)(C)C)C(c2ccccc2Cl)C1. The summed E-state index contributed by atoms with van der Waals surface area (Å²) in [4.78, 5) is 0. The highest BCUT2D eigenvalue weighted by molar-refractivity contribution is 6.31. The van der Waals surface area contributed by atoms with Crippen molar-refractivity contribution in [2.75, 3.05) is 6.54 Å². The normalized spacial score (nSPS) is 25.8. The summed E-state index contributed by atoms with van der Waals surface area (Å²) in [7, 11) is 0. The molecule has 1 aliphatic rings. The molecule has 0 amide bonds. The third kappa shape index (κ3) is 4.72. The molecule has 118 valence electrons. The Balaban J connectivity index is 2.20. The van der Waals surface area contributed by atoms with Gasteiger partial charge in [-0.25, -0.2) is 0 Å². The number of hydrogen-bond acceptors (Lipinski definition) is 1. The summed E-state index contributed by atoms with van der Waals surface area (Å²) in [5.74, 6) is 1.24. The summed E-state index contributed by atoms with van der Waals surface area (Å²) in [6.45, 7) is 12.6. The Kier molecular flexibility index (Phi) is 5.05. The largest absolute Gasteiger partial charge is 0.312 e. The van der Waals surface area contributed by atoms with Gasteiger partial charge >= 0.3 is 0 Å². The van der Waals surface area contributed by atoms with Gasteiger partial charge in [-0.2, -0.15) is 0 Å². The first kappa shape index (κ1) is 16.8. The van der Waals surface area contributed by atoms with E-state index in [1.165, 1.54) is 24.8 Å². The molecule has 1 aromatic rings. The van der Waals surface area contributed by atoms with Crippen LogP contribution in [0.15, 0.2) is 24.3 Å². The molecule has 0 saturated heterocycles. The van der Waals surface area contributed by atoms with Crippen molar-refractivity contribution in [2.24, 2.45) is 11.3 Å². The average Bonchev–Trinajstić information content (AvgIpc) is 2.36. The Morgan fingerprint density at radius 3 is 2.52 bits per heavy atom. The maximum absolute atomic E-state index is 6.49. The molecule has 0 heterocycles. The molecule has 1 aliphatic carbocycles. The van der Waals surface area contributed by atoms with Crippen LogP contribution in [-0.4, -0.2) is 12.1 Å². The van der Waals surface area contributed by atoms with Crippen molar-refractivity contribution in [1.29, 1.82) is 0 Å². The van der Waals surface area contributed by atoms with Gasteiger partial charge in [-0.05, 0) is 75.5 Å². The molecule has 0 bridgehead atoms. The van der Waals surface area contributed by atoms with Gasteiger partial charge in [0, 0.05) is 10.6 Å². The molecule has 2 rings (SSSR count). The molecule has 0 spiro atoms. The molecule has 1 N–H and O–H groups in total. The zero-order valence-corrected chi connectivity index (χ0v) is 14.9. The Hall–Kier alpha value is -0.530. The first-order chi connectivity index (χ1) is 9.68. The highest BCUT2D eigenvalue weighted by Gasteiger charge is 2.36. The molecule has 0 radical (unpaired) electrons. The lowest BCUT2D eigenvalue weighted by Gasteiger charge is -2.42. The molecule has 1 saturated carbocycles. The van der Waals surface area contributed by atoms with Crippen molar-refractivity contribution in [3.63, 3.8) is 0 Å². The van der Waals surface area contributed by atoms with Gasteiger partial charge in [0.1, 0.15) is 0 Å². The molecule has 1 aromatic carbocycles. The fraction of sp³-hybridized carbons (Fsp3) is 0.684. The van der Waals surface area contributed by atoms with Crippen molar-refractivity contribution < 1.29 is 0 Å². The summed E-state index contributed by atoms with van der Waals surface area (Å²) < 4.78 is 0. The maximum atomic E-state index is 6.49. The quantitative estimate of drug-likeness (QED) is 0.762. The van der Waals surface area contributed by atoms with Crippen LogP contribution in [0.3, 0.4) is 0 Å². The van der Waals surface area contributed by atoms with Crippen molar-refractivity contribution >= 4 is 11.6 Å². The lowest BCUT2D eigenvalue weighted by molar-refractivity contribution is 0.154. The van der Waals surface area contributed by atoms with Crippen LogP contribution in [-0.2, 0) is 0 Å². The topological polar surface area (TPSA) is 12.0 Å². The molecule has 2 heteroatoms. The Morgan fingerprint density at radius 1 is 1.24 bits per heavy atom. The first-order valence-corrected chi connectivity index (χ1v) is 8.55. The van der Waals surface area contributed by atoms with Crippen LogP contribution in [0.5, 0.6) is 0 Å². The Bertz CT molecular complexity index is 473. The van der Waals surface area contributed by atoms with Gasteiger partial charge in [0.2, 0.25) is 0 Å². The average molecular weight is 308 g/mol. The van der Waals surface area contributed by atoms with Crippen LogP contribution in [0.1, 0.15) is 65.4 Å². The summed E-state index contributed by atoms with van der Waals surface area (Å²) in [5, 5.41) is 4.63. The van der Waals surface area contributed by atoms with E-state index in [0.29, 0.717) is 17.3 Å². The zero-order chi connectivity index (χ0) is 15.7. The van der Waals surface area contributed by atoms with Gasteiger partial charge in [-0.3, -0.25) is 0 Å². The summed E-state index contributed by atoms with van der Waals surface area (Å²) in [6, 6.07) is 8.41. The number of nitrogens with one attached hydrogen (secondary N) is 1. The minimum Gasteiger partial charge on any atom is -0.312 e. The smallest absolute Gasteiger partial charge is 0.0440 e. The van der Waals surface area contributed by atoms with E-state index < -0.39 is 0 Å².